The number of fused-ring (bicyclic) bond motifs is 6. The summed E-state index contributed by atoms with van der Waals surface area (Å²) in [5, 5.41) is 8.81. The molecule has 0 radical (unpaired) electrons. The molecule has 194 valence electrons. The van der Waals surface area contributed by atoms with Crippen LogP contribution >= 0.6 is 11.3 Å². The third-order valence-electron chi connectivity index (χ3n) is 8.33. The van der Waals surface area contributed by atoms with E-state index in [2.05, 4.69) is 152 Å². The van der Waals surface area contributed by atoms with Gasteiger partial charge in [-0.2, -0.15) is 0 Å². The number of para-hydroxylation sites is 1. The maximum Gasteiger partial charge on any atom is 0.0555 e. The van der Waals surface area contributed by atoms with Gasteiger partial charge in [-0.15, -0.1) is 11.3 Å². The Hall–Kier alpha value is -4.92. The van der Waals surface area contributed by atoms with Gasteiger partial charge in [0.15, 0.2) is 0 Å². The molecule has 0 spiro atoms. The van der Waals surface area contributed by atoms with Crippen LogP contribution in [-0.4, -0.2) is 4.57 Å². The minimum absolute atomic E-state index is 1.01. The zero-order valence-corrected chi connectivity index (χ0v) is 23.6. The summed E-state index contributed by atoms with van der Waals surface area (Å²) in [7, 11) is 0. The summed E-state index contributed by atoms with van der Waals surface area (Å²) in [6.45, 7) is 6.85. The lowest BCUT2D eigenvalue weighted by molar-refractivity contribution is 1.11. The van der Waals surface area contributed by atoms with Crippen molar-refractivity contribution in [2.24, 2.45) is 0 Å². The first-order valence-corrected chi connectivity index (χ1v) is 14.8. The van der Waals surface area contributed by atoms with Crippen molar-refractivity contribution in [1.82, 2.24) is 4.57 Å². The van der Waals surface area contributed by atoms with Gasteiger partial charge in [-0.1, -0.05) is 104 Å². The lowest BCUT2D eigenvalue weighted by atomic mass is 9.92. The van der Waals surface area contributed by atoms with Gasteiger partial charge in [-0.05, 0) is 81.6 Å². The van der Waals surface area contributed by atoms with Crippen molar-refractivity contribution in [3.63, 3.8) is 0 Å². The Bertz CT molecular complexity index is 2290. The fourth-order valence-corrected chi connectivity index (χ4v) is 7.57. The molecule has 2 heteroatoms. The highest BCUT2D eigenvalue weighted by atomic mass is 32.1. The monoisotopic (exact) mass is 541 g/mol. The van der Waals surface area contributed by atoms with Crippen molar-refractivity contribution in [3.8, 4) is 5.69 Å². The van der Waals surface area contributed by atoms with Gasteiger partial charge in [0.05, 0.1) is 11.2 Å². The molecule has 8 rings (SSSR count). The van der Waals surface area contributed by atoms with Crippen LogP contribution in [0.15, 0.2) is 134 Å². The predicted octanol–water partition coefficient (Wildman–Crippen LogP) is 11.3. The summed E-state index contributed by atoms with van der Waals surface area (Å²) < 4.78 is 5.06. The summed E-state index contributed by atoms with van der Waals surface area (Å²) >= 11 is 1.86. The molecule has 41 heavy (non-hydrogen) atoms. The first kappa shape index (κ1) is 23.9. The van der Waals surface area contributed by atoms with E-state index in [0.29, 0.717) is 0 Å². The van der Waals surface area contributed by atoms with Crippen molar-refractivity contribution < 1.29 is 0 Å². The van der Waals surface area contributed by atoms with Gasteiger partial charge in [-0.25, -0.2) is 0 Å². The van der Waals surface area contributed by atoms with E-state index in [1.807, 2.05) is 11.3 Å². The Morgan fingerprint density at radius 1 is 0.659 bits per heavy atom. The Balaban J connectivity index is 1.37. The van der Waals surface area contributed by atoms with Crippen LogP contribution < -0.4 is 0 Å². The number of nitrogens with zero attached hydrogens (tertiary/aromatic N) is 1. The van der Waals surface area contributed by atoms with Gasteiger partial charge in [0.25, 0.3) is 0 Å². The molecule has 0 bridgehead atoms. The van der Waals surface area contributed by atoms with E-state index in [9.17, 15) is 0 Å². The molecule has 0 saturated heterocycles. The molecular weight excluding hydrogens is 515 g/mol. The van der Waals surface area contributed by atoms with Crippen LogP contribution in [0, 0.1) is 6.92 Å². The third kappa shape index (κ3) is 3.68. The molecule has 6 aromatic carbocycles. The highest BCUT2D eigenvalue weighted by molar-refractivity contribution is 7.25. The van der Waals surface area contributed by atoms with Crippen LogP contribution in [0.25, 0.3) is 70.0 Å². The molecule has 2 heterocycles. The molecule has 0 N–H and O–H groups in total. The summed E-state index contributed by atoms with van der Waals surface area (Å²) in [5.74, 6) is 0. The number of benzene rings is 6. The molecule has 0 amide bonds. The first-order chi connectivity index (χ1) is 20.2. The molecule has 0 fully saturated rings. The summed E-state index contributed by atoms with van der Waals surface area (Å²) in [6.07, 6.45) is 4.47. The zero-order chi connectivity index (χ0) is 27.5. The molecule has 0 saturated carbocycles. The highest BCUT2D eigenvalue weighted by Gasteiger charge is 2.18. The molecule has 1 nitrogen and oxygen atoms in total. The van der Waals surface area contributed by atoms with Crippen molar-refractivity contribution >= 4 is 75.6 Å². The fraction of sp³-hybridized carbons (Fsp3) is 0.0256. The molecule has 8 aromatic rings. The van der Waals surface area contributed by atoms with E-state index in [1.54, 1.807) is 0 Å². The predicted molar refractivity (Wildman–Crippen MR) is 180 cm³/mol. The van der Waals surface area contributed by atoms with Crippen LogP contribution in [-0.2, 0) is 0 Å². The van der Waals surface area contributed by atoms with Gasteiger partial charge < -0.3 is 4.57 Å². The van der Waals surface area contributed by atoms with Gasteiger partial charge >= 0.3 is 0 Å². The Kier molecular flexibility index (Phi) is 5.44. The topological polar surface area (TPSA) is 4.93 Å². The minimum Gasteiger partial charge on any atom is -0.309 e. The van der Waals surface area contributed by atoms with E-state index < -0.39 is 0 Å². The molecule has 0 aliphatic carbocycles. The van der Waals surface area contributed by atoms with Crippen molar-refractivity contribution in [1.29, 1.82) is 0 Å². The van der Waals surface area contributed by atoms with E-state index in [1.165, 1.54) is 75.1 Å². The third-order valence-corrected chi connectivity index (χ3v) is 9.47. The maximum absolute atomic E-state index is 4.61. The Morgan fingerprint density at radius 2 is 1.27 bits per heavy atom. The number of thiophene rings is 1. The second kappa shape index (κ2) is 9.33. The van der Waals surface area contributed by atoms with Gasteiger partial charge in [0, 0.05) is 31.3 Å². The maximum atomic E-state index is 4.61. The number of allylic oxidation sites excluding steroid dienone is 2. The number of hydrogen-bond acceptors (Lipinski definition) is 1. The van der Waals surface area contributed by atoms with Crippen LogP contribution in [0.1, 0.15) is 16.8 Å². The number of aryl methyl sites for hydroxylation is 1. The largest absolute Gasteiger partial charge is 0.309 e. The van der Waals surface area contributed by atoms with E-state index >= 15 is 0 Å². The average Bonchev–Trinajstić information content (AvgIpc) is 3.53. The molecule has 2 aromatic heterocycles. The lowest BCUT2D eigenvalue weighted by Gasteiger charge is -2.13. The number of hydrogen-bond donors (Lipinski definition) is 0. The minimum atomic E-state index is 1.01. The van der Waals surface area contributed by atoms with Crippen LogP contribution in [0.4, 0.5) is 0 Å². The summed E-state index contributed by atoms with van der Waals surface area (Å²) in [5.41, 5.74) is 7.08. The highest BCUT2D eigenvalue weighted by Crippen LogP contribution is 2.41. The first-order valence-electron chi connectivity index (χ1n) is 14.0. The van der Waals surface area contributed by atoms with Crippen molar-refractivity contribution in [2.45, 2.75) is 6.92 Å². The average molecular weight is 542 g/mol. The number of rotatable bonds is 4. The molecule has 0 aliphatic heterocycles. The second-order valence-electron chi connectivity index (χ2n) is 10.7. The van der Waals surface area contributed by atoms with E-state index in [-0.39, 0.29) is 0 Å². The lowest BCUT2D eigenvalue weighted by Crippen LogP contribution is -1.98. The quantitative estimate of drug-likeness (QED) is 0.154. The van der Waals surface area contributed by atoms with Crippen molar-refractivity contribution in [2.75, 3.05) is 0 Å². The smallest absolute Gasteiger partial charge is 0.0555 e. The van der Waals surface area contributed by atoms with Gasteiger partial charge in [-0.3, -0.25) is 0 Å². The van der Waals surface area contributed by atoms with Crippen LogP contribution in [0.2, 0.25) is 0 Å². The van der Waals surface area contributed by atoms with Gasteiger partial charge in [0.2, 0.25) is 0 Å². The zero-order valence-electron chi connectivity index (χ0n) is 22.8. The Morgan fingerprint density at radius 3 is 2.02 bits per heavy atom. The Labute approximate surface area is 242 Å². The van der Waals surface area contributed by atoms with E-state index in [4.69, 9.17) is 0 Å². The van der Waals surface area contributed by atoms with E-state index in [0.717, 1.165) is 5.57 Å². The fourth-order valence-electron chi connectivity index (χ4n) is 6.45. The normalized spacial score (nSPS) is 12.0. The van der Waals surface area contributed by atoms with Crippen LogP contribution in [0.3, 0.4) is 0 Å². The molecule has 0 aliphatic rings. The molecule has 0 atom stereocenters. The molecular formula is C39H27NS. The van der Waals surface area contributed by atoms with Gasteiger partial charge in [0.1, 0.15) is 0 Å². The SMILES string of the molecule is C=C(/C=C\c1c(C)c2ccccc2n1-c1cccc2sc3ccccc3c12)c1c2ccccc2cc2ccccc12. The number of aromatic nitrogens is 1. The second-order valence-corrected chi connectivity index (χ2v) is 11.7. The van der Waals surface area contributed by atoms with Crippen molar-refractivity contribution in [3.05, 3.63) is 151 Å². The van der Waals surface area contributed by atoms with Crippen LogP contribution in [0.5, 0.6) is 0 Å². The standard InChI is InChI=1S/C39H27NS/c1-25(38-30-15-5-3-12-27(30)24-28-13-4-6-16-31(28)38)22-23-33-26(2)29-14-7-9-18-34(29)40(33)35-19-11-21-37-39(35)32-17-8-10-20-36(32)41-37/h3-24H,1H2,2H3/b23-22-. The summed E-state index contributed by atoms with van der Waals surface area (Å²) in [6, 6.07) is 43.7. The molecule has 0 unspecified atom stereocenters. The summed E-state index contributed by atoms with van der Waals surface area (Å²) in [4.78, 5) is 0.